The Bertz CT molecular complexity index is 870. The first-order valence-electron chi connectivity index (χ1n) is 9.41. The predicted octanol–water partition coefficient (Wildman–Crippen LogP) is 2.88. The predicted molar refractivity (Wildman–Crippen MR) is 107 cm³/mol. The Morgan fingerprint density at radius 2 is 2.00 bits per heavy atom. The van der Waals surface area contributed by atoms with Crippen molar-refractivity contribution < 1.29 is 14.7 Å². The lowest BCUT2D eigenvalue weighted by molar-refractivity contribution is -0.148. The van der Waals surface area contributed by atoms with E-state index in [9.17, 15) is 14.7 Å². The molecule has 3 atom stereocenters. The number of carboxylic acids is 1. The zero-order valence-corrected chi connectivity index (χ0v) is 16.8. The second-order valence-electron chi connectivity index (χ2n) is 7.86. The fourth-order valence-corrected chi connectivity index (χ4v) is 4.19. The van der Waals surface area contributed by atoms with Gasteiger partial charge in [-0.25, -0.2) is 0 Å². The summed E-state index contributed by atoms with van der Waals surface area (Å²) < 4.78 is 0. The number of hydrogen-bond donors (Lipinski definition) is 1. The van der Waals surface area contributed by atoms with E-state index < -0.39 is 17.4 Å². The number of aliphatic carboxylic acids is 1. The number of pyridine rings is 1. The average Bonchev–Trinajstić information content (AvgIpc) is 2.95. The lowest BCUT2D eigenvalue weighted by atomic mass is 9.87. The van der Waals surface area contributed by atoms with Crippen molar-refractivity contribution in [1.82, 2.24) is 14.8 Å². The highest BCUT2D eigenvalue weighted by Crippen LogP contribution is 2.47. The maximum atomic E-state index is 13.4. The number of likely N-dealkylation sites (tertiary alicyclic amines) is 1. The van der Waals surface area contributed by atoms with E-state index in [1.165, 1.54) is 0 Å². The van der Waals surface area contributed by atoms with Gasteiger partial charge in [0.1, 0.15) is 5.54 Å². The molecule has 0 spiro atoms. The number of benzene rings is 1. The lowest BCUT2D eigenvalue weighted by Gasteiger charge is -2.33. The summed E-state index contributed by atoms with van der Waals surface area (Å²) in [5.41, 5.74) is 1.91. The summed E-state index contributed by atoms with van der Waals surface area (Å²) >= 11 is 0. The third-order valence-electron chi connectivity index (χ3n) is 6.00. The summed E-state index contributed by atoms with van der Waals surface area (Å²) in [6.45, 7) is 4.15. The van der Waals surface area contributed by atoms with Crippen LogP contribution in [0.2, 0.25) is 0 Å². The van der Waals surface area contributed by atoms with Crippen molar-refractivity contribution >= 4 is 11.9 Å². The van der Waals surface area contributed by atoms with Crippen molar-refractivity contribution in [3.05, 3.63) is 65.5 Å². The number of likely N-dealkylation sites (N-methyl/N-ethyl adjacent to an activating group) is 1. The SMILES string of the molecule is Cc1ccccc1C1C(C(=O)N(C)Cc2cccnc2)C[C@@](C)(C(=O)O)N1C. The van der Waals surface area contributed by atoms with Crippen LogP contribution in [0.15, 0.2) is 48.8 Å². The van der Waals surface area contributed by atoms with Crippen molar-refractivity contribution in [2.75, 3.05) is 14.1 Å². The minimum absolute atomic E-state index is 0.0473. The molecule has 0 radical (unpaired) electrons. The van der Waals surface area contributed by atoms with Crippen LogP contribution in [0.3, 0.4) is 0 Å². The number of hydrogen-bond acceptors (Lipinski definition) is 4. The van der Waals surface area contributed by atoms with Crippen LogP contribution in [-0.2, 0) is 16.1 Å². The maximum absolute atomic E-state index is 13.4. The monoisotopic (exact) mass is 381 g/mol. The zero-order valence-electron chi connectivity index (χ0n) is 16.8. The molecule has 148 valence electrons. The van der Waals surface area contributed by atoms with Gasteiger partial charge >= 0.3 is 5.97 Å². The minimum atomic E-state index is -1.09. The van der Waals surface area contributed by atoms with E-state index in [2.05, 4.69) is 4.98 Å². The van der Waals surface area contributed by atoms with Crippen LogP contribution >= 0.6 is 0 Å². The Hall–Kier alpha value is -2.73. The Labute approximate surface area is 165 Å². The molecule has 0 aliphatic carbocycles. The first-order chi connectivity index (χ1) is 13.3. The Kier molecular flexibility index (Phi) is 5.52. The second-order valence-corrected chi connectivity index (χ2v) is 7.86. The standard InChI is InChI=1S/C22H27N3O3/c1-15-8-5-6-10-17(15)19-18(12-22(2,21(27)28)25(19)4)20(26)24(3)14-16-9-7-11-23-13-16/h5-11,13,18-19H,12,14H2,1-4H3,(H,27,28)/t18?,19?,22-/m0/s1. The van der Waals surface area contributed by atoms with Gasteiger partial charge in [0.15, 0.2) is 0 Å². The summed E-state index contributed by atoms with van der Waals surface area (Å²) in [6.07, 6.45) is 3.71. The normalized spacial score (nSPS) is 24.9. The van der Waals surface area contributed by atoms with Gasteiger partial charge in [-0.15, -0.1) is 0 Å². The Morgan fingerprint density at radius 1 is 1.29 bits per heavy atom. The number of aryl methyl sites for hydroxylation is 1. The summed E-state index contributed by atoms with van der Waals surface area (Å²) in [6, 6.07) is 11.4. The Balaban J connectivity index is 1.95. The van der Waals surface area contributed by atoms with Crippen LogP contribution in [0, 0.1) is 12.8 Å². The van der Waals surface area contributed by atoms with Crippen molar-refractivity contribution in [2.45, 2.75) is 38.4 Å². The molecular formula is C22H27N3O3. The third kappa shape index (κ3) is 3.52. The molecule has 6 heteroatoms. The van der Waals surface area contributed by atoms with Crippen molar-refractivity contribution in [3.8, 4) is 0 Å². The molecule has 0 saturated carbocycles. The van der Waals surface area contributed by atoms with E-state index in [1.54, 1.807) is 38.3 Å². The van der Waals surface area contributed by atoms with E-state index in [0.717, 1.165) is 16.7 Å². The number of carbonyl (C=O) groups excluding carboxylic acids is 1. The Morgan fingerprint density at radius 3 is 2.61 bits per heavy atom. The fraction of sp³-hybridized carbons (Fsp3) is 0.409. The number of carbonyl (C=O) groups is 2. The van der Waals surface area contributed by atoms with Crippen molar-refractivity contribution in [1.29, 1.82) is 0 Å². The van der Waals surface area contributed by atoms with Crippen molar-refractivity contribution in [2.24, 2.45) is 5.92 Å². The number of amides is 1. The quantitative estimate of drug-likeness (QED) is 0.862. The van der Waals surface area contributed by atoms with Gasteiger partial charge in [-0.1, -0.05) is 30.3 Å². The van der Waals surface area contributed by atoms with Gasteiger partial charge in [0, 0.05) is 32.0 Å². The summed E-state index contributed by atoms with van der Waals surface area (Å²) in [7, 11) is 3.57. The summed E-state index contributed by atoms with van der Waals surface area (Å²) in [4.78, 5) is 33.1. The number of carboxylic acid groups (broad SMARTS) is 1. The molecule has 2 unspecified atom stereocenters. The molecule has 1 N–H and O–H groups in total. The largest absolute Gasteiger partial charge is 0.480 e. The third-order valence-corrected chi connectivity index (χ3v) is 6.00. The molecule has 2 heterocycles. The highest BCUT2D eigenvalue weighted by molar-refractivity contribution is 5.85. The highest BCUT2D eigenvalue weighted by atomic mass is 16.4. The second kappa shape index (κ2) is 7.72. The minimum Gasteiger partial charge on any atom is -0.480 e. The number of aromatic nitrogens is 1. The molecule has 1 saturated heterocycles. The topological polar surface area (TPSA) is 73.7 Å². The first-order valence-corrected chi connectivity index (χ1v) is 9.41. The summed E-state index contributed by atoms with van der Waals surface area (Å²) in [5.74, 6) is -1.39. The molecule has 3 rings (SSSR count). The van der Waals surface area contributed by atoms with E-state index in [4.69, 9.17) is 0 Å². The van der Waals surface area contributed by atoms with E-state index in [-0.39, 0.29) is 18.4 Å². The summed E-state index contributed by atoms with van der Waals surface area (Å²) in [5, 5.41) is 9.88. The van der Waals surface area contributed by atoms with Crippen LogP contribution < -0.4 is 0 Å². The molecule has 0 bridgehead atoms. The van der Waals surface area contributed by atoms with Crippen LogP contribution in [0.1, 0.15) is 36.1 Å². The fourth-order valence-electron chi connectivity index (χ4n) is 4.19. The molecule has 1 aromatic heterocycles. The van der Waals surface area contributed by atoms with Crippen LogP contribution in [0.4, 0.5) is 0 Å². The van der Waals surface area contributed by atoms with Crippen molar-refractivity contribution in [3.63, 3.8) is 0 Å². The molecule has 28 heavy (non-hydrogen) atoms. The molecule has 1 fully saturated rings. The van der Waals surface area contributed by atoms with Gasteiger partial charge in [-0.05, 0) is 50.1 Å². The van der Waals surface area contributed by atoms with Crippen LogP contribution in [0.5, 0.6) is 0 Å². The van der Waals surface area contributed by atoms with E-state index in [0.29, 0.717) is 6.54 Å². The maximum Gasteiger partial charge on any atom is 0.323 e. The highest BCUT2D eigenvalue weighted by Gasteiger charge is 2.55. The van der Waals surface area contributed by atoms with Gasteiger partial charge < -0.3 is 10.0 Å². The van der Waals surface area contributed by atoms with Gasteiger partial charge in [-0.3, -0.25) is 19.5 Å². The first kappa shape index (κ1) is 20.0. The van der Waals surface area contributed by atoms with Crippen LogP contribution in [-0.4, -0.2) is 51.4 Å². The smallest absolute Gasteiger partial charge is 0.323 e. The molecule has 1 aliphatic heterocycles. The van der Waals surface area contributed by atoms with Crippen LogP contribution in [0.25, 0.3) is 0 Å². The average molecular weight is 381 g/mol. The van der Waals surface area contributed by atoms with E-state index in [1.807, 2.05) is 48.2 Å². The van der Waals surface area contributed by atoms with Gasteiger partial charge in [-0.2, -0.15) is 0 Å². The number of nitrogens with zero attached hydrogens (tertiary/aromatic N) is 3. The zero-order chi connectivity index (χ0) is 20.5. The molecule has 6 nitrogen and oxygen atoms in total. The van der Waals surface area contributed by atoms with Gasteiger partial charge in [0.2, 0.25) is 5.91 Å². The number of rotatable bonds is 5. The lowest BCUT2D eigenvalue weighted by Crippen LogP contribution is -2.46. The molecule has 1 aliphatic rings. The van der Waals surface area contributed by atoms with Gasteiger partial charge in [0.05, 0.1) is 5.92 Å². The molecule has 1 aromatic carbocycles. The molecule has 2 aromatic rings. The molecule has 1 amide bonds. The molecular weight excluding hydrogens is 354 g/mol. The van der Waals surface area contributed by atoms with E-state index >= 15 is 0 Å². The van der Waals surface area contributed by atoms with Gasteiger partial charge in [0.25, 0.3) is 0 Å².